The van der Waals surface area contributed by atoms with Crippen molar-refractivity contribution in [2.45, 2.75) is 38.9 Å². The molecule has 0 aromatic rings. The van der Waals surface area contributed by atoms with Crippen molar-refractivity contribution < 1.29 is 13.2 Å². The van der Waals surface area contributed by atoms with E-state index >= 15 is 0 Å². The van der Waals surface area contributed by atoms with Crippen LogP contribution in [0.2, 0.25) is 0 Å². The van der Waals surface area contributed by atoms with E-state index in [1.54, 1.807) is 14.0 Å². The van der Waals surface area contributed by atoms with Crippen LogP contribution in [-0.2, 0) is 14.6 Å². The highest BCUT2D eigenvalue weighted by molar-refractivity contribution is 7.92. The Balaban J connectivity index is 3.67. The highest BCUT2D eigenvalue weighted by atomic mass is 32.2. The average Bonchev–Trinajstić information content (AvgIpc) is 2.26. The number of nitrogens with one attached hydrogen (secondary N) is 1. The molecule has 0 fully saturated rings. The molecule has 5 heteroatoms. The standard InChI is InChI=1S/C12H27NO3S/c1-11(2)12(3)17(14,15)10-6-5-7-13-8-9-16-4/h11-13H,5-10H2,1-4H3. The topological polar surface area (TPSA) is 55.4 Å². The summed E-state index contributed by atoms with van der Waals surface area (Å²) in [6.45, 7) is 8.09. The van der Waals surface area contributed by atoms with E-state index in [0.29, 0.717) is 12.4 Å². The quantitative estimate of drug-likeness (QED) is 0.608. The number of hydrogen-bond acceptors (Lipinski definition) is 4. The predicted molar refractivity (Wildman–Crippen MR) is 72.1 cm³/mol. The lowest BCUT2D eigenvalue weighted by molar-refractivity contribution is 0.199. The molecular weight excluding hydrogens is 238 g/mol. The summed E-state index contributed by atoms with van der Waals surface area (Å²) in [7, 11) is -1.24. The number of methoxy groups -OCH3 is 1. The van der Waals surface area contributed by atoms with Crippen molar-refractivity contribution in [3.05, 3.63) is 0 Å². The molecule has 0 aliphatic rings. The van der Waals surface area contributed by atoms with Crippen LogP contribution in [0.1, 0.15) is 33.6 Å². The molecule has 1 atom stereocenters. The Kier molecular flexibility index (Phi) is 8.82. The minimum atomic E-state index is -2.91. The summed E-state index contributed by atoms with van der Waals surface area (Å²) >= 11 is 0. The van der Waals surface area contributed by atoms with Gasteiger partial charge in [0.2, 0.25) is 0 Å². The van der Waals surface area contributed by atoms with Crippen LogP contribution in [0.5, 0.6) is 0 Å². The molecule has 0 aromatic heterocycles. The smallest absolute Gasteiger partial charge is 0.153 e. The zero-order chi connectivity index (χ0) is 13.3. The van der Waals surface area contributed by atoms with Gasteiger partial charge in [0.05, 0.1) is 17.6 Å². The minimum Gasteiger partial charge on any atom is -0.383 e. The molecule has 0 aliphatic carbocycles. The van der Waals surface area contributed by atoms with Crippen molar-refractivity contribution in [2.24, 2.45) is 5.92 Å². The van der Waals surface area contributed by atoms with Crippen LogP contribution in [0, 0.1) is 5.92 Å². The monoisotopic (exact) mass is 265 g/mol. The molecule has 0 saturated carbocycles. The first-order valence-corrected chi connectivity index (χ1v) is 8.04. The van der Waals surface area contributed by atoms with E-state index in [1.807, 2.05) is 13.8 Å². The second-order valence-corrected chi connectivity index (χ2v) is 7.24. The van der Waals surface area contributed by atoms with Gasteiger partial charge in [0, 0.05) is 13.7 Å². The molecule has 0 bridgehead atoms. The molecule has 17 heavy (non-hydrogen) atoms. The van der Waals surface area contributed by atoms with Crippen molar-refractivity contribution in [1.82, 2.24) is 5.32 Å². The summed E-state index contributed by atoms with van der Waals surface area (Å²) < 4.78 is 28.6. The summed E-state index contributed by atoms with van der Waals surface area (Å²) in [6.07, 6.45) is 1.63. The van der Waals surface area contributed by atoms with Crippen LogP contribution < -0.4 is 5.32 Å². The summed E-state index contributed by atoms with van der Waals surface area (Å²) in [5.41, 5.74) is 0. The van der Waals surface area contributed by atoms with Gasteiger partial charge in [-0.25, -0.2) is 8.42 Å². The van der Waals surface area contributed by atoms with Crippen molar-refractivity contribution >= 4 is 9.84 Å². The lowest BCUT2D eigenvalue weighted by Gasteiger charge is -2.16. The second kappa shape index (κ2) is 8.89. The van der Waals surface area contributed by atoms with E-state index in [4.69, 9.17) is 4.74 Å². The van der Waals surface area contributed by atoms with Crippen molar-refractivity contribution in [3.63, 3.8) is 0 Å². The van der Waals surface area contributed by atoms with E-state index in [9.17, 15) is 8.42 Å². The third kappa shape index (κ3) is 7.73. The van der Waals surface area contributed by atoms with E-state index in [2.05, 4.69) is 5.32 Å². The Hall–Kier alpha value is -0.130. The Morgan fingerprint density at radius 3 is 2.29 bits per heavy atom. The second-order valence-electron chi connectivity index (χ2n) is 4.77. The first kappa shape index (κ1) is 16.9. The van der Waals surface area contributed by atoms with Crippen molar-refractivity contribution in [1.29, 1.82) is 0 Å². The highest BCUT2D eigenvalue weighted by Gasteiger charge is 2.22. The maximum atomic E-state index is 11.9. The number of ether oxygens (including phenoxy) is 1. The molecule has 104 valence electrons. The molecule has 0 aliphatic heterocycles. The molecule has 1 unspecified atom stereocenters. The number of rotatable bonds is 10. The van der Waals surface area contributed by atoms with E-state index in [0.717, 1.165) is 25.9 Å². The first-order chi connectivity index (χ1) is 7.91. The van der Waals surface area contributed by atoms with Crippen LogP contribution >= 0.6 is 0 Å². The van der Waals surface area contributed by atoms with E-state index in [1.165, 1.54) is 0 Å². The maximum Gasteiger partial charge on any atom is 0.153 e. The largest absolute Gasteiger partial charge is 0.383 e. The normalized spacial score (nSPS) is 14.2. The molecule has 0 amide bonds. The fraction of sp³-hybridized carbons (Fsp3) is 1.00. The third-order valence-corrected chi connectivity index (χ3v) is 5.56. The molecule has 0 saturated heterocycles. The number of sulfone groups is 1. The Morgan fingerprint density at radius 2 is 1.76 bits per heavy atom. The lowest BCUT2D eigenvalue weighted by Crippen LogP contribution is -2.26. The Morgan fingerprint density at radius 1 is 1.12 bits per heavy atom. The van der Waals surface area contributed by atoms with Gasteiger partial charge in [0.15, 0.2) is 9.84 Å². The zero-order valence-electron chi connectivity index (χ0n) is 11.5. The molecule has 0 spiro atoms. The van der Waals surface area contributed by atoms with Crippen LogP contribution in [-0.4, -0.2) is 46.2 Å². The van der Waals surface area contributed by atoms with Gasteiger partial charge in [-0.2, -0.15) is 0 Å². The molecule has 0 aromatic carbocycles. The molecule has 1 N–H and O–H groups in total. The molecule has 0 rings (SSSR count). The number of unbranched alkanes of at least 4 members (excludes halogenated alkanes) is 1. The van der Waals surface area contributed by atoms with E-state index < -0.39 is 9.84 Å². The molecule has 4 nitrogen and oxygen atoms in total. The number of hydrogen-bond donors (Lipinski definition) is 1. The summed E-state index contributed by atoms with van der Waals surface area (Å²) in [4.78, 5) is 0. The minimum absolute atomic E-state index is 0.194. The first-order valence-electron chi connectivity index (χ1n) is 6.33. The fourth-order valence-electron chi connectivity index (χ4n) is 1.45. The van der Waals surface area contributed by atoms with Gasteiger partial charge < -0.3 is 10.1 Å². The van der Waals surface area contributed by atoms with Crippen LogP contribution in [0.4, 0.5) is 0 Å². The average molecular weight is 265 g/mol. The van der Waals surface area contributed by atoms with Crippen molar-refractivity contribution in [3.8, 4) is 0 Å². The van der Waals surface area contributed by atoms with Gasteiger partial charge in [0.25, 0.3) is 0 Å². The Bertz CT molecular complexity index is 275. The van der Waals surface area contributed by atoms with Crippen LogP contribution in [0.15, 0.2) is 0 Å². The van der Waals surface area contributed by atoms with Gasteiger partial charge in [-0.3, -0.25) is 0 Å². The van der Waals surface area contributed by atoms with Gasteiger partial charge in [-0.1, -0.05) is 13.8 Å². The molecule has 0 heterocycles. The lowest BCUT2D eigenvalue weighted by atomic mass is 10.2. The SMILES string of the molecule is COCCNCCCCS(=O)(=O)C(C)C(C)C. The fourth-order valence-corrected chi connectivity index (χ4v) is 3.26. The summed E-state index contributed by atoms with van der Waals surface area (Å²) in [5, 5.41) is 2.97. The van der Waals surface area contributed by atoms with Gasteiger partial charge in [-0.05, 0) is 32.2 Å². The van der Waals surface area contributed by atoms with Gasteiger partial charge in [0.1, 0.15) is 0 Å². The predicted octanol–water partition coefficient (Wildman–Crippen LogP) is 1.46. The molecular formula is C12H27NO3S. The Labute approximate surface area is 106 Å². The van der Waals surface area contributed by atoms with Crippen molar-refractivity contribution in [2.75, 3.05) is 32.6 Å². The summed E-state index contributed by atoms with van der Waals surface area (Å²) in [6, 6.07) is 0. The maximum absolute atomic E-state index is 11.9. The molecule has 0 radical (unpaired) electrons. The summed E-state index contributed by atoms with van der Waals surface area (Å²) in [5.74, 6) is 0.498. The van der Waals surface area contributed by atoms with Gasteiger partial charge >= 0.3 is 0 Å². The van der Waals surface area contributed by atoms with Crippen LogP contribution in [0.3, 0.4) is 0 Å². The highest BCUT2D eigenvalue weighted by Crippen LogP contribution is 2.13. The van der Waals surface area contributed by atoms with Gasteiger partial charge in [-0.15, -0.1) is 0 Å². The van der Waals surface area contributed by atoms with Crippen LogP contribution in [0.25, 0.3) is 0 Å². The van der Waals surface area contributed by atoms with E-state index in [-0.39, 0.29) is 11.2 Å². The third-order valence-electron chi connectivity index (χ3n) is 3.02. The zero-order valence-corrected chi connectivity index (χ0v) is 12.3.